The molecule has 1 fully saturated rings. The summed E-state index contributed by atoms with van der Waals surface area (Å²) in [5.74, 6) is -1.21. The molecule has 1 aliphatic carbocycles. The number of nitrogens with one attached hydrogen (secondary N) is 1. The maximum absolute atomic E-state index is 13.5. The molecule has 1 amide bonds. The van der Waals surface area contributed by atoms with Gasteiger partial charge in [0.15, 0.2) is 0 Å². The van der Waals surface area contributed by atoms with Gasteiger partial charge in [-0.3, -0.25) is 4.79 Å². The van der Waals surface area contributed by atoms with Gasteiger partial charge in [-0.05, 0) is 47.9 Å². The third-order valence-electron chi connectivity index (χ3n) is 6.54. The Morgan fingerprint density at radius 2 is 1.76 bits per heavy atom. The lowest BCUT2D eigenvalue weighted by Gasteiger charge is -2.34. The second-order valence-electron chi connectivity index (χ2n) is 8.82. The molecule has 2 aromatic rings. The van der Waals surface area contributed by atoms with Crippen LogP contribution >= 0.6 is 0 Å². The number of hydrogen-bond acceptors (Lipinski definition) is 5. The van der Waals surface area contributed by atoms with E-state index < -0.39 is 5.97 Å². The highest BCUT2D eigenvalue weighted by molar-refractivity contribution is 6.34. The summed E-state index contributed by atoms with van der Waals surface area (Å²) in [4.78, 5) is 24.7. The summed E-state index contributed by atoms with van der Waals surface area (Å²) >= 11 is 0. The Hall–Kier alpha value is -3.45. The zero-order valence-electron chi connectivity index (χ0n) is 19.7. The lowest BCUT2D eigenvalue weighted by atomic mass is 9.81. The number of hydrazone groups is 1. The summed E-state index contributed by atoms with van der Waals surface area (Å²) in [5.41, 5.74) is 5.69. The zero-order valence-corrected chi connectivity index (χ0v) is 19.7. The van der Waals surface area contributed by atoms with Crippen LogP contribution in [-0.2, 0) is 20.9 Å². The maximum Gasteiger partial charge on any atom is 0.351 e. The number of rotatable bonds is 7. The van der Waals surface area contributed by atoms with Crippen LogP contribution < -0.4 is 5.32 Å². The van der Waals surface area contributed by atoms with Gasteiger partial charge >= 0.3 is 5.97 Å². The fourth-order valence-corrected chi connectivity index (χ4v) is 4.80. The van der Waals surface area contributed by atoms with E-state index >= 15 is 0 Å². The Morgan fingerprint density at radius 1 is 1.09 bits per heavy atom. The molecule has 0 saturated heterocycles. The Kier molecular flexibility index (Phi) is 7.43. The molecule has 0 bridgehead atoms. The summed E-state index contributed by atoms with van der Waals surface area (Å²) < 4.78 is 5.35. The van der Waals surface area contributed by atoms with Crippen LogP contribution in [0.1, 0.15) is 50.2 Å². The SMILES string of the molecule is COCc1ccccc1-c1ccc(C2=C(C3CCCCC3)C(=O)N(/N=C(\C)C(=O)O)CN2)cc1. The molecule has 1 heterocycles. The summed E-state index contributed by atoms with van der Waals surface area (Å²) in [7, 11) is 1.69. The first-order valence-electron chi connectivity index (χ1n) is 11.8. The van der Waals surface area contributed by atoms with E-state index in [9.17, 15) is 14.7 Å². The molecule has 0 atom stereocenters. The Balaban J connectivity index is 1.71. The van der Waals surface area contributed by atoms with Crippen molar-refractivity contribution in [2.45, 2.75) is 45.6 Å². The molecule has 178 valence electrons. The number of benzene rings is 2. The van der Waals surface area contributed by atoms with E-state index in [1.54, 1.807) is 7.11 Å². The third-order valence-corrected chi connectivity index (χ3v) is 6.54. The average Bonchev–Trinajstić information content (AvgIpc) is 2.86. The Labute approximate surface area is 200 Å². The number of methoxy groups -OCH3 is 1. The van der Waals surface area contributed by atoms with Gasteiger partial charge in [0.1, 0.15) is 12.4 Å². The van der Waals surface area contributed by atoms with E-state index in [4.69, 9.17) is 4.74 Å². The number of aliphatic carboxylic acids is 1. The van der Waals surface area contributed by atoms with Gasteiger partial charge in [-0.15, -0.1) is 0 Å². The van der Waals surface area contributed by atoms with Crippen LogP contribution in [-0.4, -0.2) is 41.5 Å². The number of carbonyl (C=O) groups is 2. The minimum Gasteiger partial charge on any atom is -0.477 e. The maximum atomic E-state index is 13.5. The van der Waals surface area contributed by atoms with Gasteiger partial charge in [0.05, 0.1) is 12.3 Å². The molecule has 0 spiro atoms. The van der Waals surface area contributed by atoms with E-state index in [1.807, 2.05) is 24.3 Å². The van der Waals surface area contributed by atoms with E-state index in [2.05, 4.69) is 34.7 Å². The number of carboxylic acids is 1. The molecule has 1 aliphatic heterocycles. The topological polar surface area (TPSA) is 91.2 Å². The van der Waals surface area contributed by atoms with E-state index in [1.165, 1.54) is 18.4 Å². The molecule has 34 heavy (non-hydrogen) atoms. The van der Waals surface area contributed by atoms with E-state index in [0.29, 0.717) is 12.2 Å². The smallest absolute Gasteiger partial charge is 0.351 e. The number of nitrogens with zero attached hydrogens (tertiary/aromatic N) is 2. The number of ether oxygens (including phenoxy) is 1. The standard InChI is InChI=1S/C27H31N3O4/c1-18(27(32)33)29-30-17-28-25(24(26(30)31)20-8-4-3-5-9-20)21-14-12-19(13-15-21)23-11-7-6-10-22(23)16-34-2/h6-7,10-15,20,28H,3-5,8-9,16-17H2,1-2H3,(H,32,33)/b29-18+. The Morgan fingerprint density at radius 3 is 2.44 bits per heavy atom. The fraction of sp³-hybridized carbons (Fsp3) is 0.370. The van der Waals surface area contributed by atoms with Gasteiger partial charge in [0, 0.05) is 12.7 Å². The molecule has 7 heteroatoms. The van der Waals surface area contributed by atoms with Gasteiger partial charge < -0.3 is 15.2 Å². The zero-order chi connectivity index (χ0) is 24.1. The van der Waals surface area contributed by atoms with Crippen molar-refractivity contribution in [3.05, 3.63) is 65.2 Å². The third kappa shape index (κ3) is 5.04. The molecule has 0 radical (unpaired) electrons. The lowest BCUT2D eigenvalue weighted by Crippen LogP contribution is -2.44. The highest BCUT2D eigenvalue weighted by Crippen LogP contribution is 2.36. The van der Waals surface area contributed by atoms with Gasteiger partial charge in [0.25, 0.3) is 5.91 Å². The molecule has 2 aliphatic rings. The van der Waals surface area contributed by atoms with Crippen LogP contribution in [0.3, 0.4) is 0 Å². The first-order valence-corrected chi connectivity index (χ1v) is 11.8. The van der Waals surface area contributed by atoms with Crippen molar-refractivity contribution in [1.29, 1.82) is 0 Å². The average molecular weight is 462 g/mol. The lowest BCUT2D eigenvalue weighted by molar-refractivity contribution is -0.129. The summed E-state index contributed by atoms with van der Waals surface area (Å²) in [5, 5.41) is 17.9. The van der Waals surface area contributed by atoms with Crippen molar-refractivity contribution in [2.24, 2.45) is 11.0 Å². The monoisotopic (exact) mass is 461 g/mol. The van der Waals surface area contributed by atoms with Gasteiger partial charge in [-0.25, -0.2) is 9.80 Å². The van der Waals surface area contributed by atoms with Gasteiger partial charge in [-0.2, -0.15) is 5.10 Å². The van der Waals surface area contributed by atoms with Crippen LogP contribution in [0.15, 0.2) is 59.2 Å². The molecular formula is C27H31N3O4. The largest absolute Gasteiger partial charge is 0.477 e. The molecule has 7 nitrogen and oxygen atoms in total. The second-order valence-corrected chi connectivity index (χ2v) is 8.82. The summed E-state index contributed by atoms with van der Waals surface area (Å²) in [6.07, 6.45) is 5.24. The number of carboxylic acid groups (broad SMARTS) is 1. The molecule has 0 unspecified atom stereocenters. The van der Waals surface area contributed by atoms with E-state index in [0.717, 1.165) is 53.6 Å². The van der Waals surface area contributed by atoms with E-state index in [-0.39, 0.29) is 24.2 Å². The quantitative estimate of drug-likeness (QED) is 0.586. The fourth-order valence-electron chi connectivity index (χ4n) is 4.80. The first kappa shape index (κ1) is 23.7. The van der Waals surface area contributed by atoms with Gasteiger partial charge in [-0.1, -0.05) is 67.8 Å². The van der Waals surface area contributed by atoms with Crippen molar-refractivity contribution < 1.29 is 19.4 Å². The predicted octanol–water partition coefficient (Wildman–Crippen LogP) is 4.64. The number of hydrogen-bond donors (Lipinski definition) is 2. The highest BCUT2D eigenvalue weighted by atomic mass is 16.5. The second kappa shape index (κ2) is 10.7. The predicted molar refractivity (Wildman–Crippen MR) is 132 cm³/mol. The van der Waals surface area contributed by atoms with Crippen LogP contribution in [0.25, 0.3) is 16.8 Å². The summed E-state index contributed by atoms with van der Waals surface area (Å²) in [6, 6.07) is 16.4. The van der Waals surface area contributed by atoms with Crippen molar-refractivity contribution in [3.8, 4) is 11.1 Å². The first-order chi connectivity index (χ1) is 16.5. The van der Waals surface area contributed by atoms with Crippen LogP contribution in [0.2, 0.25) is 0 Å². The minimum absolute atomic E-state index is 0.110. The van der Waals surface area contributed by atoms with Crippen molar-refractivity contribution in [1.82, 2.24) is 10.3 Å². The Bertz CT molecular complexity index is 1110. The normalized spacial score (nSPS) is 17.6. The van der Waals surface area contributed by atoms with Crippen molar-refractivity contribution in [3.63, 3.8) is 0 Å². The van der Waals surface area contributed by atoms with Crippen molar-refractivity contribution in [2.75, 3.05) is 13.8 Å². The summed E-state index contributed by atoms with van der Waals surface area (Å²) in [6.45, 7) is 2.07. The van der Waals surface area contributed by atoms with Crippen LogP contribution in [0.5, 0.6) is 0 Å². The minimum atomic E-state index is -1.13. The van der Waals surface area contributed by atoms with Crippen LogP contribution in [0.4, 0.5) is 0 Å². The molecule has 0 aromatic heterocycles. The molecule has 4 rings (SSSR count). The van der Waals surface area contributed by atoms with Crippen LogP contribution in [0, 0.1) is 5.92 Å². The molecule has 2 N–H and O–H groups in total. The number of amides is 1. The van der Waals surface area contributed by atoms with Gasteiger partial charge in [0.2, 0.25) is 0 Å². The highest BCUT2D eigenvalue weighted by Gasteiger charge is 2.34. The van der Waals surface area contributed by atoms with Crippen molar-refractivity contribution >= 4 is 23.3 Å². The number of carbonyl (C=O) groups excluding carboxylic acids is 1. The molecule has 2 aromatic carbocycles. The molecular weight excluding hydrogens is 430 g/mol. The molecule has 1 saturated carbocycles.